The third-order valence-corrected chi connectivity index (χ3v) is 7.03. The normalized spacial score (nSPS) is 16.0. The van der Waals surface area contributed by atoms with Crippen LogP contribution >= 0.6 is 0 Å². The number of phenols is 1. The van der Waals surface area contributed by atoms with Gasteiger partial charge < -0.3 is 28.8 Å². The molecule has 4 aromatic rings. The molecule has 0 aromatic heterocycles. The molecule has 0 saturated heterocycles. The van der Waals surface area contributed by atoms with Crippen molar-refractivity contribution in [1.29, 1.82) is 0 Å². The molecule has 0 fully saturated rings. The third-order valence-electron chi connectivity index (χ3n) is 7.03. The number of rotatable bonds is 9. The van der Waals surface area contributed by atoms with E-state index in [2.05, 4.69) is 30.4 Å². The van der Waals surface area contributed by atoms with E-state index in [9.17, 15) is 5.11 Å². The van der Waals surface area contributed by atoms with Crippen molar-refractivity contribution in [2.75, 3.05) is 28.4 Å². The molecule has 0 amide bonds. The standard InChI is InChI=1S/C33H32O6/c1-35-25-13-8-21(9-14-25)6-5-7-22-18-27-31(23-10-15-26(36-2)16-11-23)32(39-33(27)30(19-22)38-4)24-12-17-28(34)29(20-24)37-3/h5-6,8-20,31-32,34H,7H2,1-4H3/b6-5+. The molecule has 5 rings (SSSR count). The summed E-state index contributed by atoms with van der Waals surface area (Å²) in [6.45, 7) is 0. The highest BCUT2D eigenvalue weighted by molar-refractivity contribution is 5.59. The van der Waals surface area contributed by atoms with Crippen LogP contribution in [-0.4, -0.2) is 33.5 Å². The Kier molecular flexibility index (Phi) is 7.64. The Labute approximate surface area is 229 Å². The van der Waals surface area contributed by atoms with Crippen LogP contribution in [0.15, 0.2) is 84.9 Å². The van der Waals surface area contributed by atoms with E-state index in [0.717, 1.165) is 51.5 Å². The largest absolute Gasteiger partial charge is 0.504 e. The fraction of sp³-hybridized carbons (Fsp3) is 0.212. The molecule has 4 aromatic carbocycles. The lowest BCUT2D eigenvalue weighted by atomic mass is 9.84. The number of phenolic OH excluding ortho intramolecular Hbond substituents is 1. The summed E-state index contributed by atoms with van der Waals surface area (Å²) in [7, 11) is 6.52. The first-order chi connectivity index (χ1) is 19.0. The summed E-state index contributed by atoms with van der Waals surface area (Å²) >= 11 is 0. The molecule has 0 radical (unpaired) electrons. The zero-order chi connectivity index (χ0) is 27.4. The summed E-state index contributed by atoms with van der Waals surface area (Å²) in [4.78, 5) is 0. The fourth-order valence-corrected chi connectivity index (χ4v) is 5.01. The van der Waals surface area contributed by atoms with Crippen molar-refractivity contribution in [2.45, 2.75) is 18.4 Å². The molecule has 1 aliphatic rings. The van der Waals surface area contributed by atoms with Crippen LogP contribution in [0.2, 0.25) is 0 Å². The quantitative estimate of drug-likeness (QED) is 0.256. The number of methoxy groups -OCH3 is 4. The first-order valence-corrected chi connectivity index (χ1v) is 12.7. The van der Waals surface area contributed by atoms with E-state index in [1.54, 1.807) is 34.5 Å². The van der Waals surface area contributed by atoms with Gasteiger partial charge in [-0.2, -0.15) is 0 Å². The van der Waals surface area contributed by atoms with Gasteiger partial charge in [0.2, 0.25) is 0 Å². The van der Waals surface area contributed by atoms with Gasteiger partial charge in [0.15, 0.2) is 23.0 Å². The summed E-state index contributed by atoms with van der Waals surface area (Å²) in [5, 5.41) is 10.2. The van der Waals surface area contributed by atoms with Gasteiger partial charge in [-0.3, -0.25) is 0 Å². The molecule has 2 unspecified atom stereocenters. The summed E-state index contributed by atoms with van der Waals surface area (Å²) in [6, 6.07) is 25.6. The van der Waals surface area contributed by atoms with E-state index >= 15 is 0 Å². The Morgan fingerprint density at radius 3 is 2.00 bits per heavy atom. The Morgan fingerprint density at radius 2 is 1.36 bits per heavy atom. The number of allylic oxidation sites excluding steroid dienone is 1. The highest BCUT2D eigenvalue weighted by atomic mass is 16.5. The molecule has 39 heavy (non-hydrogen) atoms. The van der Waals surface area contributed by atoms with Crippen LogP contribution in [0.3, 0.4) is 0 Å². The van der Waals surface area contributed by atoms with Gasteiger partial charge in [0.05, 0.1) is 34.4 Å². The molecule has 0 bridgehead atoms. The van der Waals surface area contributed by atoms with Crippen LogP contribution in [0.4, 0.5) is 0 Å². The lowest BCUT2D eigenvalue weighted by Crippen LogP contribution is -2.11. The van der Waals surface area contributed by atoms with Gasteiger partial charge in [-0.15, -0.1) is 0 Å². The van der Waals surface area contributed by atoms with E-state index in [1.165, 1.54) is 0 Å². The second kappa shape index (κ2) is 11.4. The zero-order valence-corrected chi connectivity index (χ0v) is 22.5. The van der Waals surface area contributed by atoms with Gasteiger partial charge in [-0.05, 0) is 71.1 Å². The number of ether oxygens (including phenoxy) is 5. The van der Waals surface area contributed by atoms with Crippen molar-refractivity contribution in [3.8, 4) is 34.5 Å². The van der Waals surface area contributed by atoms with Crippen molar-refractivity contribution in [3.05, 3.63) is 113 Å². The molecule has 1 aliphatic heterocycles. The number of fused-ring (bicyclic) bond motifs is 1. The van der Waals surface area contributed by atoms with Crippen LogP contribution < -0.4 is 23.7 Å². The van der Waals surface area contributed by atoms with Crippen molar-refractivity contribution < 1.29 is 28.8 Å². The van der Waals surface area contributed by atoms with E-state index < -0.39 is 0 Å². The molecule has 1 N–H and O–H groups in total. The maximum Gasteiger partial charge on any atom is 0.166 e. The molecule has 200 valence electrons. The molecular weight excluding hydrogens is 492 g/mol. The maximum absolute atomic E-state index is 10.2. The molecule has 0 aliphatic carbocycles. The molecular formula is C33H32O6. The topological polar surface area (TPSA) is 66.4 Å². The number of benzene rings is 4. The first kappa shape index (κ1) is 26.0. The lowest BCUT2D eigenvalue weighted by Gasteiger charge is -2.21. The minimum Gasteiger partial charge on any atom is -0.504 e. The second-order valence-electron chi connectivity index (χ2n) is 9.32. The monoisotopic (exact) mass is 524 g/mol. The van der Waals surface area contributed by atoms with Crippen LogP contribution in [0.25, 0.3) is 6.08 Å². The van der Waals surface area contributed by atoms with Crippen LogP contribution in [0, 0.1) is 0 Å². The summed E-state index contributed by atoms with van der Waals surface area (Å²) in [5.74, 6) is 3.40. The number of hydrogen-bond acceptors (Lipinski definition) is 6. The summed E-state index contributed by atoms with van der Waals surface area (Å²) in [5.41, 5.74) is 5.24. The lowest BCUT2D eigenvalue weighted by molar-refractivity contribution is 0.213. The minimum absolute atomic E-state index is 0.0845. The van der Waals surface area contributed by atoms with Crippen molar-refractivity contribution in [3.63, 3.8) is 0 Å². The number of hydrogen-bond donors (Lipinski definition) is 1. The van der Waals surface area contributed by atoms with E-state index in [1.807, 2.05) is 54.6 Å². The van der Waals surface area contributed by atoms with Gasteiger partial charge in [-0.25, -0.2) is 0 Å². The average molecular weight is 525 g/mol. The SMILES string of the molecule is COc1ccc(/C=C/Cc2cc(OC)c3c(c2)C(c2ccc(OC)cc2)C(c2ccc(O)c(OC)c2)O3)cc1. The Bertz CT molecular complexity index is 1460. The highest BCUT2D eigenvalue weighted by Crippen LogP contribution is 2.54. The number of aromatic hydroxyl groups is 1. The average Bonchev–Trinajstić information content (AvgIpc) is 3.37. The Balaban J connectivity index is 1.53. The highest BCUT2D eigenvalue weighted by Gasteiger charge is 2.39. The molecule has 6 nitrogen and oxygen atoms in total. The van der Waals surface area contributed by atoms with E-state index in [-0.39, 0.29) is 17.8 Å². The van der Waals surface area contributed by atoms with Crippen LogP contribution in [0.5, 0.6) is 34.5 Å². The molecule has 0 spiro atoms. The van der Waals surface area contributed by atoms with Crippen LogP contribution in [0.1, 0.15) is 39.8 Å². The van der Waals surface area contributed by atoms with Gasteiger partial charge in [0.1, 0.15) is 17.6 Å². The predicted molar refractivity (Wildman–Crippen MR) is 152 cm³/mol. The minimum atomic E-state index is -0.345. The van der Waals surface area contributed by atoms with Gasteiger partial charge in [-0.1, -0.05) is 48.6 Å². The third kappa shape index (κ3) is 5.36. The summed E-state index contributed by atoms with van der Waals surface area (Å²) in [6.07, 6.45) is 4.62. The molecule has 2 atom stereocenters. The Hall–Kier alpha value is -4.58. The van der Waals surface area contributed by atoms with Crippen molar-refractivity contribution in [2.24, 2.45) is 0 Å². The second-order valence-corrected chi connectivity index (χ2v) is 9.32. The molecule has 0 saturated carbocycles. The summed E-state index contributed by atoms with van der Waals surface area (Å²) < 4.78 is 28.5. The zero-order valence-electron chi connectivity index (χ0n) is 22.5. The van der Waals surface area contributed by atoms with E-state index in [0.29, 0.717) is 11.5 Å². The smallest absolute Gasteiger partial charge is 0.166 e. The van der Waals surface area contributed by atoms with Gasteiger partial charge >= 0.3 is 0 Å². The maximum atomic E-state index is 10.2. The fourth-order valence-electron chi connectivity index (χ4n) is 5.01. The van der Waals surface area contributed by atoms with Crippen molar-refractivity contribution >= 4 is 6.08 Å². The van der Waals surface area contributed by atoms with E-state index in [4.69, 9.17) is 23.7 Å². The van der Waals surface area contributed by atoms with Crippen LogP contribution in [-0.2, 0) is 6.42 Å². The predicted octanol–water partition coefficient (Wildman–Crippen LogP) is 6.95. The molecule has 1 heterocycles. The van der Waals surface area contributed by atoms with Crippen molar-refractivity contribution in [1.82, 2.24) is 0 Å². The Morgan fingerprint density at radius 1 is 0.718 bits per heavy atom. The van der Waals surface area contributed by atoms with Gasteiger partial charge in [0, 0.05) is 5.56 Å². The van der Waals surface area contributed by atoms with Gasteiger partial charge in [0.25, 0.3) is 0 Å². The molecule has 6 heteroatoms. The first-order valence-electron chi connectivity index (χ1n) is 12.7.